The van der Waals surface area contributed by atoms with E-state index in [0.717, 1.165) is 25.6 Å². The molecule has 4 atom stereocenters. The predicted molar refractivity (Wildman–Crippen MR) is 90.8 cm³/mol. The summed E-state index contributed by atoms with van der Waals surface area (Å²) in [5.41, 5.74) is 0. The van der Waals surface area contributed by atoms with E-state index in [1.165, 1.54) is 38.5 Å². The Hall–Kier alpha value is -0.280. The van der Waals surface area contributed by atoms with Crippen LogP contribution in [0.2, 0.25) is 0 Å². The highest BCUT2D eigenvalue weighted by atomic mass is 35.5. The Morgan fingerprint density at radius 1 is 1.24 bits per heavy atom. The third kappa shape index (κ3) is 6.15. The molecule has 0 aromatic carbocycles. The average Bonchev–Trinajstić information content (AvgIpc) is 2.47. The summed E-state index contributed by atoms with van der Waals surface area (Å²) in [6.07, 6.45) is 8.59. The van der Waals surface area contributed by atoms with Gasteiger partial charge in [-0.2, -0.15) is 0 Å². The molecule has 2 N–H and O–H groups in total. The first kappa shape index (κ1) is 18.8. The van der Waals surface area contributed by atoms with Crippen LogP contribution in [0, 0.1) is 23.7 Å². The SMILES string of the molecule is CC(CC(=O)NCC1CCCCC1C)C1CCCNC1.Cl. The van der Waals surface area contributed by atoms with Gasteiger partial charge in [0.1, 0.15) is 0 Å². The molecule has 21 heavy (non-hydrogen) atoms. The van der Waals surface area contributed by atoms with Crippen LogP contribution < -0.4 is 10.6 Å². The quantitative estimate of drug-likeness (QED) is 0.816. The van der Waals surface area contributed by atoms with Crippen LogP contribution >= 0.6 is 12.4 Å². The van der Waals surface area contributed by atoms with Crippen LogP contribution in [0.4, 0.5) is 0 Å². The van der Waals surface area contributed by atoms with Crippen molar-refractivity contribution in [2.75, 3.05) is 19.6 Å². The molecular weight excluding hydrogens is 284 g/mol. The van der Waals surface area contributed by atoms with Gasteiger partial charge < -0.3 is 10.6 Å². The second-order valence-electron chi connectivity index (χ2n) is 7.11. The van der Waals surface area contributed by atoms with Crippen molar-refractivity contribution in [3.8, 4) is 0 Å². The zero-order chi connectivity index (χ0) is 14.4. The number of halogens is 1. The predicted octanol–water partition coefficient (Wildman–Crippen LogP) is 3.38. The summed E-state index contributed by atoms with van der Waals surface area (Å²) < 4.78 is 0. The molecule has 1 aliphatic carbocycles. The van der Waals surface area contributed by atoms with Crippen molar-refractivity contribution in [1.29, 1.82) is 0 Å². The number of hydrogen-bond acceptors (Lipinski definition) is 2. The van der Waals surface area contributed by atoms with Crippen molar-refractivity contribution < 1.29 is 4.79 Å². The Labute approximate surface area is 136 Å². The number of hydrogen-bond donors (Lipinski definition) is 2. The van der Waals surface area contributed by atoms with Gasteiger partial charge in [-0.15, -0.1) is 12.4 Å². The van der Waals surface area contributed by atoms with Crippen molar-refractivity contribution in [3.63, 3.8) is 0 Å². The molecule has 4 unspecified atom stereocenters. The summed E-state index contributed by atoms with van der Waals surface area (Å²) in [6, 6.07) is 0. The minimum absolute atomic E-state index is 0. The lowest BCUT2D eigenvalue weighted by atomic mass is 9.80. The zero-order valence-electron chi connectivity index (χ0n) is 13.7. The van der Waals surface area contributed by atoms with Gasteiger partial charge in [-0.05, 0) is 56.0 Å². The molecule has 0 aromatic rings. The summed E-state index contributed by atoms with van der Waals surface area (Å²) in [7, 11) is 0. The van der Waals surface area contributed by atoms with E-state index < -0.39 is 0 Å². The van der Waals surface area contributed by atoms with Crippen molar-refractivity contribution in [2.45, 2.75) is 58.8 Å². The average molecular weight is 317 g/mol. The van der Waals surface area contributed by atoms with Gasteiger partial charge in [-0.25, -0.2) is 0 Å². The number of carbonyl (C=O) groups is 1. The summed E-state index contributed by atoms with van der Waals surface area (Å²) in [5, 5.41) is 6.64. The highest BCUT2D eigenvalue weighted by Crippen LogP contribution is 2.29. The Balaban J connectivity index is 0.00000220. The fourth-order valence-corrected chi connectivity index (χ4v) is 3.84. The van der Waals surface area contributed by atoms with Crippen LogP contribution in [0.1, 0.15) is 58.8 Å². The molecule has 2 rings (SSSR count). The van der Waals surface area contributed by atoms with Crippen molar-refractivity contribution in [2.24, 2.45) is 23.7 Å². The molecule has 124 valence electrons. The van der Waals surface area contributed by atoms with E-state index in [-0.39, 0.29) is 18.3 Å². The first-order valence-electron chi connectivity index (χ1n) is 8.64. The van der Waals surface area contributed by atoms with Crippen molar-refractivity contribution >= 4 is 18.3 Å². The zero-order valence-corrected chi connectivity index (χ0v) is 14.5. The van der Waals surface area contributed by atoms with E-state index in [9.17, 15) is 4.79 Å². The van der Waals surface area contributed by atoms with E-state index >= 15 is 0 Å². The largest absolute Gasteiger partial charge is 0.356 e. The lowest BCUT2D eigenvalue weighted by Crippen LogP contribution is -2.37. The summed E-state index contributed by atoms with van der Waals surface area (Å²) in [4.78, 5) is 12.1. The van der Waals surface area contributed by atoms with Crippen molar-refractivity contribution in [3.05, 3.63) is 0 Å². The minimum Gasteiger partial charge on any atom is -0.356 e. The van der Waals surface area contributed by atoms with Gasteiger partial charge in [0.05, 0.1) is 0 Å². The fraction of sp³-hybridized carbons (Fsp3) is 0.941. The van der Waals surface area contributed by atoms with Crippen molar-refractivity contribution in [1.82, 2.24) is 10.6 Å². The molecule has 3 nitrogen and oxygen atoms in total. The van der Waals surface area contributed by atoms with Gasteiger partial charge in [0.25, 0.3) is 0 Å². The molecule has 1 saturated carbocycles. The number of nitrogens with one attached hydrogen (secondary N) is 2. The summed E-state index contributed by atoms with van der Waals surface area (Å²) in [5.74, 6) is 2.94. The number of carbonyl (C=O) groups excluding carboxylic acids is 1. The summed E-state index contributed by atoms with van der Waals surface area (Å²) in [6.45, 7) is 7.71. The van der Waals surface area contributed by atoms with Gasteiger partial charge in [-0.1, -0.05) is 33.1 Å². The number of piperidine rings is 1. The van der Waals surface area contributed by atoms with E-state index in [4.69, 9.17) is 0 Å². The Kier molecular flexibility index (Phi) is 8.65. The Morgan fingerprint density at radius 2 is 2.00 bits per heavy atom. The molecule has 4 heteroatoms. The molecule has 1 aliphatic heterocycles. The summed E-state index contributed by atoms with van der Waals surface area (Å²) >= 11 is 0. The van der Waals surface area contributed by atoms with Gasteiger partial charge in [-0.3, -0.25) is 4.79 Å². The van der Waals surface area contributed by atoms with Crippen LogP contribution in [0.5, 0.6) is 0 Å². The normalized spacial score (nSPS) is 31.0. The van der Waals surface area contributed by atoms with E-state index in [1.807, 2.05) is 0 Å². The van der Waals surface area contributed by atoms with Crippen LogP contribution in [0.3, 0.4) is 0 Å². The first-order chi connectivity index (χ1) is 9.66. The highest BCUT2D eigenvalue weighted by Gasteiger charge is 2.24. The van der Waals surface area contributed by atoms with Gasteiger partial charge in [0.15, 0.2) is 0 Å². The molecular formula is C17H33ClN2O. The second kappa shape index (κ2) is 9.68. The van der Waals surface area contributed by atoms with Crippen LogP contribution in [0.15, 0.2) is 0 Å². The smallest absolute Gasteiger partial charge is 0.220 e. The fourth-order valence-electron chi connectivity index (χ4n) is 3.84. The topological polar surface area (TPSA) is 41.1 Å². The Morgan fingerprint density at radius 3 is 2.67 bits per heavy atom. The number of amides is 1. The van der Waals surface area contributed by atoms with Crippen LogP contribution in [0.25, 0.3) is 0 Å². The lowest BCUT2D eigenvalue weighted by molar-refractivity contribution is -0.122. The van der Waals surface area contributed by atoms with E-state index in [1.54, 1.807) is 0 Å². The minimum atomic E-state index is 0. The Bertz CT molecular complexity index is 305. The third-order valence-corrected chi connectivity index (χ3v) is 5.50. The lowest BCUT2D eigenvalue weighted by Gasteiger charge is -2.30. The molecule has 2 fully saturated rings. The first-order valence-corrected chi connectivity index (χ1v) is 8.64. The molecule has 0 radical (unpaired) electrons. The standard InChI is InChI=1S/C17H32N2O.ClH/c1-13-6-3-4-7-16(13)12-19-17(20)10-14(2)15-8-5-9-18-11-15;/h13-16,18H,3-12H2,1-2H3,(H,19,20);1H. The molecule has 0 bridgehead atoms. The molecule has 1 amide bonds. The van der Waals surface area contributed by atoms with Gasteiger partial charge >= 0.3 is 0 Å². The maximum Gasteiger partial charge on any atom is 0.220 e. The molecule has 0 spiro atoms. The van der Waals surface area contributed by atoms with Crippen LogP contribution in [-0.4, -0.2) is 25.5 Å². The molecule has 1 saturated heterocycles. The van der Waals surface area contributed by atoms with Gasteiger partial charge in [0.2, 0.25) is 5.91 Å². The molecule has 0 aromatic heterocycles. The van der Waals surface area contributed by atoms with Gasteiger partial charge in [0, 0.05) is 13.0 Å². The molecule has 1 heterocycles. The van der Waals surface area contributed by atoms with Crippen LogP contribution in [-0.2, 0) is 4.79 Å². The highest BCUT2D eigenvalue weighted by molar-refractivity contribution is 5.85. The maximum absolute atomic E-state index is 12.1. The van der Waals surface area contributed by atoms with E-state index in [2.05, 4.69) is 24.5 Å². The third-order valence-electron chi connectivity index (χ3n) is 5.50. The van der Waals surface area contributed by atoms with E-state index in [0.29, 0.717) is 24.2 Å². The monoisotopic (exact) mass is 316 g/mol. The maximum atomic E-state index is 12.1. The number of rotatable bonds is 5. The molecule has 2 aliphatic rings. The second-order valence-corrected chi connectivity index (χ2v) is 7.11.